The Balaban J connectivity index is 1.28. The molecule has 2 aromatic carbocycles. The van der Waals surface area contributed by atoms with Crippen LogP contribution in [0.25, 0.3) is 16.7 Å². The molecule has 42 heavy (non-hydrogen) atoms. The number of fused-ring (bicyclic) bond motifs is 1. The summed E-state index contributed by atoms with van der Waals surface area (Å²) in [6, 6.07) is 14.1. The molecule has 1 amide bonds. The Hall–Kier alpha value is -4.01. The van der Waals surface area contributed by atoms with Crippen LogP contribution in [0.4, 0.5) is 10.2 Å². The van der Waals surface area contributed by atoms with E-state index >= 15 is 0 Å². The first-order valence-electron chi connectivity index (χ1n) is 15.2. The van der Waals surface area contributed by atoms with E-state index in [1.807, 2.05) is 40.8 Å². The summed E-state index contributed by atoms with van der Waals surface area (Å²) in [5.74, 6) is 2.95. The molecule has 0 bridgehead atoms. The van der Waals surface area contributed by atoms with E-state index < -0.39 is 0 Å². The smallest absolute Gasteiger partial charge is 0.227 e. The molecule has 6 rings (SSSR count). The van der Waals surface area contributed by atoms with Crippen molar-refractivity contribution in [1.82, 2.24) is 24.6 Å². The van der Waals surface area contributed by atoms with Gasteiger partial charge in [0.25, 0.3) is 0 Å². The predicted molar refractivity (Wildman–Crippen MR) is 162 cm³/mol. The second-order valence-electron chi connectivity index (χ2n) is 11.6. The van der Waals surface area contributed by atoms with E-state index in [2.05, 4.69) is 4.90 Å². The number of nitrogens with zero attached hydrogens (tertiary/aromatic N) is 6. The van der Waals surface area contributed by atoms with Crippen LogP contribution in [0.2, 0.25) is 0 Å². The lowest BCUT2D eigenvalue weighted by Crippen LogP contribution is -2.36. The first kappa shape index (κ1) is 28.1. The lowest BCUT2D eigenvalue weighted by Gasteiger charge is -2.25. The SMILES string of the molecule is COc1ccc(CC(=O)N2CCCN(c3nc(CC4CCCCC4)nc4c3c(C)nn4-c3ccc(F)cc3)CC2)cc1. The average molecular weight is 571 g/mol. The normalized spacial score (nSPS) is 16.5. The summed E-state index contributed by atoms with van der Waals surface area (Å²) in [5, 5.41) is 5.77. The van der Waals surface area contributed by atoms with Crippen molar-refractivity contribution in [3.05, 3.63) is 71.4 Å². The van der Waals surface area contributed by atoms with Crippen LogP contribution in [0, 0.1) is 18.7 Å². The molecule has 0 spiro atoms. The van der Waals surface area contributed by atoms with Crippen molar-refractivity contribution in [2.75, 3.05) is 38.2 Å². The van der Waals surface area contributed by atoms with Gasteiger partial charge in [-0.25, -0.2) is 19.0 Å². The van der Waals surface area contributed by atoms with Crippen LogP contribution >= 0.6 is 0 Å². The lowest BCUT2D eigenvalue weighted by atomic mass is 9.87. The molecule has 8 nitrogen and oxygen atoms in total. The van der Waals surface area contributed by atoms with Crippen molar-refractivity contribution in [2.45, 2.75) is 58.3 Å². The van der Waals surface area contributed by atoms with Crippen molar-refractivity contribution in [2.24, 2.45) is 5.92 Å². The number of hydrogen-bond donors (Lipinski definition) is 0. The van der Waals surface area contributed by atoms with Crippen molar-refractivity contribution in [3.8, 4) is 11.4 Å². The molecule has 1 saturated heterocycles. The van der Waals surface area contributed by atoms with Crippen LogP contribution in [0.3, 0.4) is 0 Å². The summed E-state index contributed by atoms with van der Waals surface area (Å²) in [7, 11) is 1.64. The number of methoxy groups -OCH3 is 1. The van der Waals surface area contributed by atoms with Gasteiger partial charge in [-0.05, 0) is 61.2 Å². The summed E-state index contributed by atoms with van der Waals surface area (Å²) in [5.41, 5.74) is 3.35. The minimum absolute atomic E-state index is 0.133. The molecular formula is C33H39FN6O2. The number of rotatable bonds is 7. The zero-order chi connectivity index (χ0) is 29.1. The topological polar surface area (TPSA) is 76.4 Å². The molecule has 220 valence electrons. The van der Waals surface area contributed by atoms with E-state index in [0.717, 1.165) is 64.8 Å². The number of amides is 1. The number of hydrogen-bond acceptors (Lipinski definition) is 6. The molecule has 1 saturated carbocycles. The molecule has 2 fully saturated rings. The van der Waals surface area contributed by atoms with Gasteiger partial charge in [0.1, 0.15) is 23.2 Å². The molecule has 0 unspecified atom stereocenters. The summed E-state index contributed by atoms with van der Waals surface area (Å²) in [4.78, 5) is 27.8. The maximum absolute atomic E-state index is 13.7. The number of benzene rings is 2. The number of aryl methyl sites for hydroxylation is 1. The van der Waals surface area contributed by atoms with Gasteiger partial charge in [0.05, 0.1) is 30.3 Å². The quantitative estimate of drug-likeness (QED) is 0.285. The van der Waals surface area contributed by atoms with Crippen molar-refractivity contribution in [1.29, 1.82) is 0 Å². The Bertz CT molecular complexity index is 1530. The van der Waals surface area contributed by atoms with Gasteiger partial charge in [0.2, 0.25) is 5.91 Å². The van der Waals surface area contributed by atoms with Crippen LogP contribution in [-0.4, -0.2) is 63.8 Å². The van der Waals surface area contributed by atoms with Gasteiger partial charge in [-0.3, -0.25) is 4.79 Å². The number of carbonyl (C=O) groups excluding carboxylic acids is 1. The molecule has 2 aromatic heterocycles. The van der Waals surface area contributed by atoms with E-state index in [-0.39, 0.29) is 11.7 Å². The zero-order valence-corrected chi connectivity index (χ0v) is 24.6. The number of aromatic nitrogens is 4. The van der Waals surface area contributed by atoms with Crippen LogP contribution in [0.15, 0.2) is 48.5 Å². The minimum Gasteiger partial charge on any atom is -0.497 e. The molecule has 1 aliphatic heterocycles. The van der Waals surface area contributed by atoms with E-state index in [1.54, 1.807) is 19.2 Å². The largest absolute Gasteiger partial charge is 0.497 e. The number of carbonyl (C=O) groups is 1. The Morgan fingerprint density at radius 3 is 2.43 bits per heavy atom. The highest BCUT2D eigenvalue weighted by atomic mass is 19.1. The van der Waals surface area contributed by atoms with E-state index in [1.165, 1.54) is 44.2 Å². The number of halogens is 1. The van der Waals surface area contributed by atoms with E-state index in [0.29, 0.717) is 32.0 Å². The standard InChI is InChI=1S/C33H39FN6O2/c1-23-31-32(39-18-6-17-38(19-20-39)30(41)22-25-9-15-28(42-2)16-10-25)35-29(21-24-7-4-3-5-8-24)36-33(31)40(37-23)27-13-11-26(34)12-14-27/h9-16,24H,3-8,17-22H2,1-2H3. The van der Waals surface area contributed by atoms with Gasteiger partial charge in [-0.1, -0.05) is 44.2 Å². The lowest BCUT2D eigenvalue weighted by molar-refractivity contribution is -0.130. The third-order valence-electron chi connectivity index (χ3n) is 8.66. The van der Waals surface area contributed by atoms with Crippen LogP contribution < -0.4 is 9.64 Å². The molecule has 3 heterocycles. The highest BCUT2D eigenvalue weighted by Crippen LogP contribution is 2.32. The molecule has 1 aliphatic carbocycles. The Morgan fingerprint density at radius 2 is 1.69 bits per heavy atom. The van der Waals surface area contributed by atoms with Crippen LogP contribution in [0.5, 0.6) is 5.75 Å². The third-order valence-corrected chi connectivity index (χ3v) is 8.66. The minimum atomic E-state index is -0.282. The number of ether oxygens (including phenoxy) is 1. The van der Waals surface area contributed by atoms with Crippen molar-refractivity contribution >= 4 is 22.8 Å². The Labute approximate surface area is 246 Å². The van der Waals surface area contributed by atoms with E-state index in [9.17, 15) is 9.18 Å². The van der Waals surface area contributed by atoms with Crippen molar-refractivity contribution in [3.63, 3.8) is 0 Å². The number of anilines is 1. The van der Waals surface area contributed by atoms with Gasteiger partial charge < -0.3 is 14.5 Å². The van der Waals surface area contributed by atoms with Crippen LogP contribution in [-0.2, 0) is 17.6 Å². The van der Waals surface area contributed by atoms with Gasteiger partial charge in [-0.2, -0.15) is 5.10 Å². The highest BCUT2D eigenvalue weighted by Gasteiger charge is 2.26. The average Bonchev–Trinajstić information content (AvgIpc) is 3.17. The maximum Gasteiger partial charge on any atom is 0.227 e. The third kappa shape index (κ3) is 6.10. The maximum atomic E-state index is 13.7. The first-order valence-corrected chi connectivity index (χ1v) is 15.2. The summed E-state index contributed by atoms with van der Waals surface area (Å²) in [6.07, 6.45) is 8.32. The fourth-order valence-electron chi connectivity index (χ4n) is 6.35. The Morgan fingerprint density at radius 1 is 0.929 bits per heavy atom. The fraction of sp³-hybridized carbons (Fsp3) is 0.455. The second kappa shape index (κ2) is 12.5. The molecule has 4 aromatic rings. The summed E-state index contributed by atoms with van der Waals surface area (Å²) >= 11 is 0. The summed E-state index contributed by atoms with van der Waals surface area (Å²) < 4.78 is 20.8. The first-order chi connectivity index (χ1) is 20.5. The fourth-order valence-corrected chi connectivity index (χ4v) is 6.35. The molecule has 0 atom stereocenters. The predicted octanol–water partition coefficient (Wildman–Crippen LogP) is 5.68. The molecule has 0 N–H and O–H groups in total. The highest BCUT2D eigenvalue weighted by molar-refractivity contribution is 5.91. The Kier molecular flexibility index (Phi) is 8.35. The monoisotopic (exact) mass is 570 g/mol. The van der Waals surface area contributed by atoms with Gasteiger partial charge in [-0.15, -0.1) is 0 Å². The molecule has 0 radical (unpaired) electrons. The zero-order valence-electron chi connectivity index (χ0n) is 24.6. The van der Waals surface area contributed by atoms with E-state index in [4.69, 9.17) is 19.8 Å². The van der Waals surface area contributed by atoms with Gasteiger partial charge >= 0.3 is 0 Å². The molecular weight excluding hydrogens is 531 g/mol. The summed E-state index contributed by atoms with van der Waals surface area (Å²) in [6.45, 7) is 4.80. The van der Waals surface area contributed by atoms with Gasteiger partial charge in [0.15, 0.2) is 5.65 Å². The second-order valence-corrected chi connectivity index (χ2v) is 11.6. The van der Waals surface area contributed by atoms with Crippen molar-refractivity contribution < 1.29 is 13.9 Å². The molecule has 2 aliphatic rings. The van der Waals surface area contributed by atoms with Crippen LogP contribution in [0.1, 0.15) is 55.6 Å². The molecule has 9 heteroatoms. The van der Waals surface area contributed by atoms with Gasteiger partial charge in [0, 0.05) is 32.6 Å².